The van der Waals surface area contributed by atoms with Crippen molar-refractivity contribution in [2.45, 2.75) is 39.3 Å². The van der Waals surface area contributed by atoms with Crippen LogP contribution < -0.4 is 16.6 Å². The summed E-state index contributed by atoms with van der Waals surface area (Å²) in [5.41, 5.74) is 2.18. The van der Waals surface area contributed by atoms with Gasteiger partial charge in [-0.05, 0) is 61.7 Å². The van der Waals surface area contributed by atoms with E-state index in [0.717, 1.165) is 11.3 Å². The number of aromatic nitrogens is 2. The third kappa shape index (κ3) is 5.31. The summed E-state index contributed by atoms with van der Waals surface area (Å²) in [6, 6.07) is 20.5. The molecule has 0 aliphatic carbocycles. The lowest BCUT2D eigenvalue weighted by molar-refractivity contribution is -0.116. The topological polar surface area (TPSA) is 73.1 Å². The number of nitrogens with zero attached hydrogens (tertiary/aromatic N) is 2. The van der Waals surface area contributed by atoms with Crippen LogP contribution in [0.2, 0.25) is 0 Å². The van der Waals surface area contributed by atoms with Crippen LogP contribution in [0.15, 0.2) is 82.4 Å². The monoisotopic (exact) mass is 459 g/mol. The highest BCUT2D eigenvalue weighted by molar-refractivity contribution is 5.90. The van der Waals surface area contributed by atoms with Crippen molar-refractivity contribution in [2.24, 2.45) is 0 Å². The third-order valence-electron chi connectivity index (χ3n) is 5.73. The average molecular weight is 460 g/mol. The molecular weight excluding hydrogens is 433 g/mol. The second kappa shape index (κ2) is 10.3. The molecule has 1 N–H and O–H groups in total. The van der Waals surface area contributed by atoms with E-state index in [1.54, 1.807) is 36.4 Å². The second-order valence-electron chi connectivity index (χ2n) is 8.34. The molecule has 0 saturated carbocycles. The van der Waals surface area contributed by atoms with Crippen molar-refractivity contribution in [3.8, 4) is 0 Å². The molecule has 0 aliphatic heterocycles. The van der Waals surface area contributed by atoms with E-state index in [9.17, 15) is 18.8 Å². The molecule has 0 spiro atoms. The van der Waals surface area contributed by atoms with Crippen LogP contribution in [0.25, 0.3) is 10.9 Å². The number of fused-ring (bicyclic) bond motifs is 1. The Morgan fingerprint density at radius 2 is 1.68 bits per heavy atom. The molecule has 0 unspecified atom stereocenters. The van der Waals surface area contributed by atoms with Gasteiger partial charge >= 0.3 is 5.69 Å². The molecule has 0 fully saturated rings. The Morgan fingerprint density at radius 3 is 2.44 bits per heavy atom. The number of rotatable bonds is 8. The van der Waals surface area contributed by atoms with E-state index >= 15 is 0 Å². The Bertz CT molecular complexity index is 1440. The molecule has 4 aromatic rings. The highest BCUT2D eigenvalue weighted by atomic mass is 19.1. The van der Waals surface area contributed by atoms with E-state index < -0.39 is 5.69 Å². The molecule has 0 bridgehead atoms. The Morgan fingerprint density at radius 1 is 0.912 bits per heavy atom. The van der Waals surface area contributed by atoms with E-state index in [-0.39, 0.29) is 36.8 Å². The molecule has 0 radical (unpaired) electrons. The molecule has 0 aliphatic rings. The van der Waals surface area contributed by atoms with Crippen molar-refractivity contribution >= 4 is 22.5 Å². The first kappa shape index (κ1) is 23.2. The zero-order chi connectivity index (χ0) is 24.1. The fraction of sp³-hybridized carbons (Fsp3) is 0.222. The van der Waals surface area contributed by atoms with Gasteiger partial charge in [0.05, 0.1) is 17.4 Å². The number of halogens is 1. The van der Waals surface area contributed by atoms with Crippen molar-refractivity contribution in [3.63, 3.8) is 0 Å². The first-order valence-electron chi connectivity index (χ1n) is 11.3. The Hall–Kier alpha value is -4.00. The van der Waals surface area contributed by atoms with Crippen molar-refractivity contribution in [2.75, 3.05) is 5.32 Å². The number of amides is 1. The van der Waals surface area contributed by atoms with Crippen LogP contribution in [0.5, 0.6) is 0 Å². The van der Waals surface area contributed by atoms with E-state index in [1.165, 1.54) is 21.3 Å². The van der Waals surface area contributed by atoms with Crippen molar-refractivity contribution in [3.05, 3.63) is 111 Å². The molecule has 6 nitrogen and oxygen atoms in total. The molecule has 1 heterocycles. The number of hydrogen-bond donors (Lipinski definition) is 1. The SMILES string of the molecule is Cc1ccc(NC(=O)CCCCn2c(=O)c3ccccc3n(Cc3cccc(F)c3)c2=O)cc1. The zero-order valence-corrected chi connectivity index (χ0v) is 19.0. The van der Waals surface area contributed by atoms with Gasteiger partial charge < -0.3 is 5.32 Å². The van der Waals surface area contributed by atoms with E-state index in [2.05, 4.69) is 5.32 Å². The Balaban J connectivity index is 1.50. The van der Waals surface area contributed by atoms with Crippen LogP contribution in [0, 0.1) is 12.7 Å². The molecule has 1 aromatic heterocycles. The number of unbranched alkanes of at least 4 members (excludes halogenated alkanes) is 1. The summed E-state index contributed by atoms with van der Waals surface area (Å²) in [7, 11) is 0. The molecule has 0 atom stereocenters. The Labute approximate surface area is 196 Å². The molecule has 0 saturated heterocycles. The van der Waals surface area contributed by atoms with Crippen LogP contribution in [0.1, 0.15) is 30.4 Å². The van der Waals surface area contributed by atoms with Gasteiger partial charge in [0.1, 0.15) is 5.82 Å². The van der Waals surface area contributed by atoms with Crippen molar-refractivity contribution < 1.29 is 9.18 Å². The third-order valence-corrected chi connectivity index (χ3v) is 5.73. The first-order chi connectivity index (χ1) is 16.4. The molecule has 1 amide bonds. The van der Waals surface area contributed by atoms with Crippen LogP contribution in [0.3, 0.4) is 0 Å². The number of carbonyl (C=O) groups is 1. The maximum atomic E-state index is 13.7. The van der Waals surface area contributed by atoms with Crippen LogP contribution in [-0.2, 0) is 17.9 Å². The summed E-state index contributed by atoms with van der Waals surface area (Å²) < 4.78 is 16.4. The van der Waals surface area contributed by atoms with Gasteiger partial charge in [-0.25, -0.2) is 9.18 Å². The number of aryl methyl sites for hydroxylation is 1. The molecular formula is C27H26FN3O3. The average Bonchev–Trinajstić information content (AvgIpc) is 2.83. The van der Waals surface area contributed by atoms with Gasteiger partial charge in [0, 0.05) is 18.7 Å². The number of benzene rings is 3. The normalized spacial score (nSPS) is 11.0. The van der Waals surface area contributed by atoms with Crippen LogP contribution in [-0.4, -0.2) is 15.0 Å². The van der Waals surface area contributed by atoms with Crippen molar-refractivity contribution in [1.82, 2.24) is 9.13 Å². The minimum absolute atomic E-state index is 0.113. The predicted octanol–water partition coefficient (Wildman–Crippen LogP) is 4.47. The Kier molecular flexibility index (Phi) is 7.01. The number of carbonyl (C=O) groups excluding carboxylic acids is 1. The summed E-state index contributed by atoms with van der Waals surface area (Å²) in [4.78, 5) is 38.5. The summed E-state index contributed by atoms with van der Waals surface area (Å²) in [6.45, 7) is 2.33. The van der Waals surface area contributed by atoms with Gasteiger partial charge in [0.25, 0.3) is 5.56 Å². The zero-order valence-electron chi connectivity index (χ0n) is 19.0. The highest BCUT2D eigenvalue weighted by Gasteiger charge is 2.13. The van der Waals surface area contributed by atoms with Gasteiger partial charge in [-0.2, -0.15) is 0 Å². The fourth-order valence-electron chi connectivity index (χ4n) is 3.95. The van der Waals surface area contributed by atoms with Crippen LogP contribution >= 0.6 is 0 Å². The minimum atomic E-state index is -0.447. The standard InChI is InChI=1S/C27H26FN3O3/c1-19-12-14-22(15-13-19)29-25(32)11-4-5-16-30-26(33)23-9-2-3-10-24(23)31(27(30)34)18-20-7-6-8-21(28)17-20/h2-3,6-10,12-15,17H,4-5,11,16,18H2,1H3,(H,29,32). The fourth-order valence-corrected chi connectivity index (χ4v) is 3.95. The highest BCUT2D eigenvalue weighted by Crippen LogP contribution is 2.12. The quantitative estimate of drug-likeness (QED) is 0.395. The molecule has 4 rings (SSSR count). The lowest BCUT2D eigenvalue weighted by Crippen LogP contribution is -2.40. The summed E-state index contributed by atoms with van der Waals surface area (Å²) in [5, 5.41) is 3.28. The number of para-hydroxylation sites is 1. The summed E-state index contributed by atoms with van der Waals surface area (Å²) in [5.74, 6) is -0.495. The molecule has 174 valence electrons. The first-order valence-corrected chi connectivity index (χ1v) is 11.3. The maximum absolute atomic E-state index is 13.7. The predicted molar refractivity (Wildman–Crippen MR) is 132 cm³/mol. The van der Waals surface area contributed by atoms with E-state index in [4.69, 9.17) is 0 Å². The lowest BCUT2D eigenvalue weighted by atomic mass is 10.2. The number of nitrogens with one attached hydrogen (secondary N) is 1. The number of anilines is 1. The van der Waals surface area contributed by atoms with Gasteiger partial charge in [-0.1, -0.05) is 42.0 Å². The largest absolute Gasteiger partial charge is 0.331 e. The van der Waals surface area contributed by atoms with E-state index in [0.29, 0.717) is 29.3 Å². The molecule has 7 heteroatoms. The minimum Gasteiger partial charge on any atom is -0.326 e. The smallest absolute Gasteiger partial charge is 0.326 e. The summed E-state index contributed by atoms with van der Waals surface area (Å²) in [6.07, 6.45) is 1.31. The molecule has 3 aromatic carbocycles. The van der Waals surface area contributed by atoms with Crippen LogP contribution in [0.4, 0.5) is 10.1 Å². The summed E-state index contributed by atoms with van der Waals surface area (Å²) >= 11 is 0. The molecule has 34 heavy (non-hydrogen) atoms. The van der Waals surface area contributed by atoms with Gasteiger partial charge in [-0.15, -0.1) is 0 Å². The van der Waals surface area contributed by atoms with Gasteiger partial charge in [0.2, 0.25) is 5.91 Å². The van der Waals surface area contributed by atoms with E-state index in [1.807, 2.05) is 31.2 Å². The van der Waals surface area contributed by atoms with Crippen molar-refractivity contribution in [1.29, 1.82) is 0 Å². The van der Waals surface area contributed by atoms with Gasteiger partial charge in [-0.3, -0.25) is 18.7 Å². The second-order valence-corrected chi connectivity index (χ2v) is 8.34. The maximum Gasteiger partial charge on any atom is 0.331 e. The van der Waals surface area contributed by atoms with Gasteiger partial charge in [0.15, 0.2) is 0 Å². The number of hydrogen-bond acceptors (Lipinski definition) is 3. The lowest BCUT2D eigenvalue weighted by Gasteiger charge is -2.14.